The fourth-order valence-electron chi connectivity index (χ4n) is 3.46. The first-order valence-electron chi connectivity index (χ1n) is 9.08. The summed E-state index contributed by atoms with van der Waals surface area (Å²) in [7, 11) is -3.66. The summed E-state index contributed by atoms with van der Waals surface area (Å²) in [5, 5.41) is 12.3. The monoisotopic (exact) mass is 407 g/mol. The maximum Gasteiger partial charge on any atom is 0.238 e. The van der Waals surface area contributed by atoms with E-state index in [4.69, 9.17) is 5.14 Å². The van der Waals surface area contributed by atoms with Gasteiger partial charge in [-0.25, -0.2) is 13.6 Å². The number of amides is 1. The Balaban J connectivity index is 1.40. The molecule has 0 saturated carbocycles. The van der Waals surface area contributed by atoms with Gasteiger partial charge < -0.3 is 5.32 Å². The molecule has 8 heteroatoms. The third-order valence-electron chi connectivity index (χ3n) is 4.91. The first kappa shape index (κ1) is 20.0. The SMILES string of the molecule is NS(=O)(=O)c1ccc(CCNC(=O)CCN2CCCC2c2ccsc2)cc1. The molecule has 1 aromatic heterocycles. The van der Waals surface area contributed by atoms with Crippen LogP contribution in [0.5, 0.6) is 0 Å². The highest BCUT2D eigenvalue weighted by Gasteiger charge is 2.26. The summed E-state index contributed by atoms with van der Waals surface area (Å²) in [6, 6.07) is 9.05. The van der Waals surface area contributed by atoms with E-state index < -0.39 is 10.0 Å². The summed E-state index contributed by atoms with van der Waals surface area (Å²) in [5.41, 5.74) is 2.32. The Morgan fingerprint density at radius 2 is 2.04 bits per heavy atom. The van der Waals surface area contributed by atoms with Gasteiger partial charge in [-0.05, 0) is 65.9 Å². The van der Waals surface area contributed by atoms with Gasteiger partial charge in [0, 0.05) is 25.6 Å². The molecule has 6 nitrogen and oxygen atoms in total. The van der Waals surface area contributed by atoms with Crippen LogP contribution in [-0.2, 0) is 21.2 Å². The van der Waals surface area contributed by atoms with Gasteiger partial charge in [-0.15, -0.1) is 0 Å². The number of primary sulfonamides is 1. The van der Waals surface area contributed by atoms with Crippen molar-refractivity contribution in [3.05, 3.63) is 52.2 Å². The van der Waals surface area contributed by atoms with Crippen LogP contribution in [0.25, 0.3) is 0 Å². The van der Waals surface area contributed by atoms with Crippen LogP contribution in [0.3, 0.4) is 0 Å². The zero-order valence-electron chi connectivity index (χ0n) is 15.1. The topological polar surface area (TPSA) is 92.5 Å². The van der Waals surface area contributed by atoms with Gasteiger partial charge in [0.05, 0.1) is 4.90 Å². The molecule has 1 aliphatic heterocycles. The van der Waals surface area contributed by atoms with E-state index >= 15 is 0 Å². The van der Waals surface area contributed by atoms with Crippen LogP contribution in [0.2, 0.25) is 0 Å². The van der Waals surface area contributed by atoms with Crippen molar-refractivity contribution in [2.75, 3.05) is 19.6 Å². The van der Waals surface area contributed by atoms with Crippen LogP contribution in [0.1, 0.15) is 36.4 Å². The molecular formula is C19H25N3O3S2. The molecule has 1 aromatic carbocycles. The number of carbonyl (C=O) groups is 1. The summed E-state index contributed by atoms with van der Waals surface area (Å²) < 4.78 is 22.5. The van der Waals surface area contributed by atoms with E-state index in [1.807, 2.05) is 0 Å². The number of thiophene rings is 1. The van der Waals surface area contributed by atoms with Gasteiger partial charge in [0.2, 0.25) is 15.9 Å². The lowest BCUT2D eigenvalue weighted by Gasteiger charge is -2.23. The summed E-state index contributed by atoms with van der Waals surface area (Å²) >= 11 is 1.72. The molecule has 146 valence electrons. The molecule has 0 spiro atoms. The fraction of sp³-hybridized carbons (Fsp3) is 0.421. The predicted molar refractivity (Wildman–Crippen MR) is 107 cm³/mol. The highest BCUT2D eigenvalue weighted by Crippen LogP contribution is 2.32. The van der Waals surface area contributed by atoms with E-state index in [1.54, 1.807) is 23.5 Å². The highest BCUT2D eigenvalue weighted by molar-refractivity contribution is 7.89. The van der Waals surface area contributed by atoms with Crippen LogP contribution < -0.4 is 10.5 Å². The van der Waals surface area contributed by atoms with Crippen molar-refractivity contribution in [2.45, 2.75) is 36.6 Å². The number of rotatable bonds is 8. The molecule has 2 heterocycles. The van der Waals surface area contributed by atoms with Crippen molar-refractivity contribution in [2.24, 2.45) is 5.14 Å². The van der Waals surface area contributed by atoms with Gasteiger partial charge in [-0.1, -0.05) is 12.1 Å². The van der Waals surface area contributed by atoms with E-state index in [1.165, 1.54) is 24.1 Å². The normalized spacial score (nSPS) is 17.9. The molecule has 1 aliphatic rings. The molecule has 1 amide bonds. The van der Waals surface area contributed by atoms with Crippen LogP contribution >= 0.6 is 11.3 Å². The van der Waals surface area contributed by atoms with Crippen molar-refractivity contribution in [1.29, 1.82) is 0 Å². The summed E-state index contributed by atoms with van der Waals surface area (Å²) in [4.78, 5) is 14.6. The lowest BCUT2D eigenvalue weighted by atomic mass is 10.1. The minimum absolute atomic E-state index is 0.0483. The number of benzene rings is 1. The molecule has 1 saturated heterocycles. The van der Waals surface area contributed by atoms with Gasteiger partial charge in [0.25, 0.3) is 0 Å². The largest absolute Gasteiger partial charge is 0.356 e. The number of likely N-dealkylation sites (tertiary alicyclic amines) is 1. The Kier molecular flexibility index (Phi) is 6.64. The average molecular weight is 408 g/mol. The first-order chi connectivity index (χ1) is 12.9. The molecule has 3 N–H and O–H groups in total. The smallest absolute Gasteiger partial charge is 0.238 e. The van der Waals surface area contributed by atoms with E-state index in [0.29, 0.717) is 25.4 Å². The number of hydrogen-bond donors (Lipinski definition) is 2. The lowest BCUT2D eigenvalue weighted by molar-refractivity contribution is -0.121. The Morgan fingerprint density at radius 1 is 1.26 bits per heavy atom. The maximum absolute atomic E-state index is 12.1. The summed E-state index contributed by atoms with van der Waals surface area (Å²) in [6.07, 6.45) is 3.48. The molecule has 2 aromatic rings. The number of hydrogen-bond acceptors (Lipinski definition) is 5. The number of nitrogens with two attached hydrogens (primary N) is 1. The zero-order valence-corrected chi connectivity index (χ0v) is 16.8. The fourth-order valence-corrected chi connectivity index (χ4v) is 4.68. The van der Waals surface area contributed by atoms with Gasteiger partial charge in [-0.3, -0.25) is 9.69 Å². The van der Waals surface area contributed by atoms with Gasteiger partial charge in [0.1, 0.15) is 0 Å². The average Bonchev–Trinajstić information content (AvgIpc) is 3.31. The molecule has 27 heavy (non-hydrogen) atoms. The van der Waals surface area contributed by atoms with Gasteiger partial charge in [-0.2, -0.15) is 11.3 Å². The minimum Gasteiger partial charge on any atom is -0.356 e. The third kappa shape index (κ3) is 5.62. The molecule has 1 unspecified atom stereocenters. The maximum atomic E-state index is 12.1. The molecule has 1 atom stereocenters. The van der Waals surface area contributed by atoms with Gasteiger partial charge in [0.15, 0.2) is 0 Å². The molecule has 3 rings (SSSR count). The van der Waals surface area contributed by atoms with Crippen LogP contribution in [0.15, 0.2) is 46.0 Å². The Labute approximate surface area is 164 Å². The first-order valence-corrected chi connectivity index (χ1v) is 11.6. The quantitative estimate of drug-likeness (QED) is 0.702. The van der Waals surface area contributed by atoms with E-state index in [-0.39, 0.29) is 10.8 Å². The number of nitrogens with one attached hydrogen (secondary N) is 1. The lowest BCUT2D eigenvalue weighted by Crippen LogP contribution is -2.31. The Hall–Kier alpha value is -1.74. The standard InChI is InChI=1S/C19H25N3O3S2/c20-27(24,25)17-5-3-15(4-6-17)7-10-21-19(23)8-12-22-11-1-2-18(22)16-9-13-26-14-16/h3-6,9,13-14,18H,1-2,7-8,10-12H2,(H,21,23)(H2,20,24,25). The van der Waals surface area contributed by atoms with Crippen molar-refractivity contribution in [3.63, 3.8) is 0 Å². The Bertz CT molecular complexity index is 849. The molecule has 0 aliphatic carbocycles. The van der Waals surface area contributed by atoms with Crippen LogP contribution in [-0.4, -0.2) is 38.9 Å². The predicted octanol–water partition coefficient (Wildman–Crippen LogP) is 2.28. The molecule has 0 radical (unpaired) electrons. The molecule has 1 fully saturated rings. The zero-order chi connectivity index (χ0) is 19.3. The molecular weight excluding hydrogens is 382 g/mol. The highest BCUT2D eigenvalue weighted by atomic mass is 32.2. The number of carbonyl (C=O) groups excluding carboxylic acids is 1. The number of sulfonamides is 1. The van der Waals surface area contributed by atoms with Gasteiger partial charge >= 0.3 is 0 Å². The van der Waals surface area contributed by atoms with Crippen molar-refractivity contribution in [3.8, 4) is 0 Å². The van der Waals surface area contributed by atoms with E-state index in [9.17, 15) is 13.2 Å². The second kappa shape index (κ2) is 8.97. The van der Waals surface area contributed by atoms with Crippen LogP contribution in [0, 0.1) is 0 Å². The Morgan fingerprint density at radius 3 is 2.70 bits per heavy atom. The van der Waals surface area contributed by atoms with Crippen molar-refractivity contribution < 1.29 is 13.2 Å². The third-order valence-corrected chi connectivity index (χ3v) is 6.54. The minimum atomic E-state index is -3.66. The van der Waals surface area contributed by atoms with Crippen molar-refractivity contribution >= 4 is 27.3 Å². The van der Waals surface area contributed by atoms with Crippen LogP contribution in [0.4, 0.5) is 0 Å². The number of nitrogens with zero attached hydrogens (tertiary/aromatic N) is 1. The molecule has 0 bridgehead atoms. The second-order valence-electron chi connectivity index (χ2n) is 6.79. The summed E-state index contributed by atoms with van der Waals surface area (Å²) in [5.74, 6) is 0.0483. The van der Waals surface area contributed by atoms with E-state index in [0.717, 1.165) is 25.1 Å². The van der Waals surface area contributed by atoms with E-state index in [2.05, 4.69) is 27.0 Å². The second-order valence-corrected chi connectivity index (χ2v) is 9.13. The van der Waals surface area contributed by atoms with Crippen molar-refractivity contribution in [1.82, 2.24) is 10.2 Å². The summed E-state index contributed by atoms with van der Waals surface area (Å²) in [6.45, 7) is 2.35.